The van der Waals surface area contributed by atoms with Gasteiger partial charge in [0.05, 0.1) is 19.0 Å². The molecule has 0 unspecified atom stereocenters. The minimum Gasteiger partial charge on any atom is -0.382 e. The molecule has 0 saturated heterocycles. The zero-order valence-electron chi connectivity index (χ0n) is 12.4. The molecule has 1 aliphatic rings. The van der Waals surface area contributed by atoms with E-state index in [4.69, 9.17) is 9.73 Å². The first-order valence-corrected chi connectivity index (χ1v) is 6.84. The van der Waals surface area contributed by atoms with E-state index in [2.05, 4.69) is 49.9 Å². The van der Waals surface area contributed by atoms with Crippen molar-refractivity contribution in [3.8, 4) is 0 Å². The van der Waals surface area contributed by atoms with Gasteiger partial charge >= 0.3 is 0 Å². The summed E-state index contributed by atoms with van der Waals surface area (Å²) in [4.78, 5) is 6.99. The van der Waals surface area contributed by atoms with Crippen molar-refractivity contribution in [3.05, 3.63) is 35.4 Å². The molecule has 3 nitrogen and oxygen atoms in total. The molecule has 0 amide bonds. The highest BCUT2D eigenvalue weighted by Crippen LogP contribution is 2.24. The van der Waals surface area contributed by atoms with Crippen molar-refractivity contribution >= 4 is 6.34 Å². The van der Waals surface area contributed by atoms with Crippen LogP contribution in [-0.4, -0.2) is 31.0 Å². The van der Waals surface area contributed by atoms with Gasteiger partial charge in [0, 0.05) is 20.2 Å². The molecule has 1 atom stereocenters. The maximum atomic E-state index is 5.28. The van der Waals surface area contributed by atoms with Crippen molar-refractivity contribution in [2.75, 3.05) is 13.7 Å². The largest absolute Gasteiger partial charge is 0.382 e. The average molecular weight is 260 g/mol. The molecule has 0 aromatic heterocycles. The first kappa shape index (κ1) is 14.1. The van der Waals surface area contributed by atoms with Gasteiger partial charge in [0.2, 0.25) is 0 Å². The Balaban J connectivity index is 2.00. The van der Waals surface area contributed by atoms with Crippen molar-refractivity contribution < 1.29 is 4.74 Å². The van der Waals surface area contributed by atoms with Gasteiger partial charge in [-0.05, 0) is 16.5 Å². The van der Waals surface area contributed by atoms with Crippen LogP contribution in [0.15, 0.2) is 29.3 Å². The molecule has 0 fully saturated rings. The lowest BCUT2D eigenvalue weighted by Crippen LogP contribution is -2.30. The number of methoxy groups -OCH3 is 1. The zero-order valence-corrected chi connectivity index (χ0v) is 12.4. The van der Waals surface area contributed by atoms with Crippen molar-refractivity contribution in [1.82, 2.24) is 4.90 Å². The molecule has 1 heterocycles. The molecule has 19 heavy (non-hydrogen) atoms. The Labute approximate surface area is 116 Å². The smallest absolute Gasteiger partial charge is 0.0860 e. The lowest BCUT2D eigenvalue weighted by molar-refractivity contribution is 0.135. The Morgan fingerprint density at radius 2 is 1.84 bits per heavy atom. The number of ether oxygens (including phenoxy) is 1. The van der Waals surface area contributed by atoms with E-state index in [0.29, 0.717) is 6.61 Å². The van der Waals surface area contributed by atoms with Crippen molar-refractivity contribution in [2.24, 2.45) is 10.4 Å². The Bertz CT molecular complexity index is 423. The number of aliphatic imine (C=N–C) groups is 1. The van der Waals surface area contributed by atoms with E-state index in [1.54, 1.807) is 7.11 Å². The summed E-state index contributed by atoms with van der Waals surface area (Å²) in [6, 6.07) is 8.78. The minimum absolute atomic E-state index is 0.124. The Hall–Kier alpha value is -1.35. The van der Waals surface area contributed by atoms with E-state index in [-0.39, 0.29) is 11.5 Å². The van der Waals surface area contributed by atoms with Crippen LogP contribution in [0, 0.1) is 5.41 Å². The highest BCUT2D eigenvalue weighted by atomic mass is 16.5. The summed E-state index contributed by atoms with van der Waals surface area (Å²) >= 11 is 0. The van der Waals surface area contributed by atoms with Crippen LogP contribution in [0.3, 0.4) is 0 Å². The monoisotopic (exact) mass is 260 g/mol. The topological polar surface area (TPSA) is 24.8 Å². The number of hydrogen-bond acceptors (Lipinski definition) is 2. The summed E-state index contributed by atoms with van der Waals surface area (Å²) in [5.41, 5.74) is 2.94. The summed E-state index contributed by atoms with van der Waals surface area (Å²) in [6.07, 6.45) is 1.99. The molecule has 2 rings (SSSR count). The first-order chi connectivity index (χ1) is 9.00. The fourth-order valence-electron chi connectivity index (χ4n) is 2.29. The lowest BCUT2D eigenvalue weighted by atomic mass is 9.88. The third kappa shape index (κ3) is 3.57. The third-order valence-corrected chi connectivity index (χ3v) is 3.60. The number of rotatable bonds is 4. The van der Waals surface area contributed by atoms with Crippen molar-refractivity contribution in [3.63, 3.8) is 0 Å². The van der Waals surface area contributed by atoms with E-state index in [1.807, 2.05) is 6.34 Å². The van der Waals surface area contributed by atoms with Gasteiger partial charge in [-0.15, -0.1) is 0 Å². The number of nitrogens with zero attached hydrogens (tertiary/aromatic N) is 2. The average Bonchev–Trinajstić information content (AvgIpc) is 2.75. The Kier molecular flexibility index (Phi) is 4.25. The van der Waals surface area contributed by atoms with E-state index in [1.165, 1.54) is 11.1 Å². The van der Waals surface area contributed by atoms with Gasteiger partial charge in [-0.1, -0.05) is 45.0 Å². The van der Waals surface area contributed by atoms with Gasteiger partial charge in [0.15, 0.2) is 0 Å². The summed E-state index contributed by atoms with van der Waals surface area (Å²) in [5.74, 6) is 0. The zero-order chi connectivity index (χ0) is 13.9. The molecule has 0 spiro atoms. The molecule has 0 N–H and O–H groups in total. The molecular weight excluding hydrogens is 236 g/mol. The van der Waals surface area contributed by atoms with Crippen LogP contribution < -0.4 is 0 Å². The second kappa shape index (κ2) is 5.74. The predicted octanol–water partition coefficient (Wildman–Crippen LogP) is 3.09. The molecule has 3 heteroatoms. The van der Waals surface area contributed by atoms with Gasteiger partial charge in [-0.25, -0.2) is 0 Å². The summed E-state index contributed by atoms with van der Waals surface area (Å²) in [5, 5.41) is 0. The maximum absolute atomic E-state index is 5.28. The molecular formula is C16H24N2O. The minimum atomic E-state index is 0.124. The van der Waals surface area contributed by atoms with Gasteiger partial charge in [0.25, 0.3) is 0 Å². The molecule has 0 saturated carbocycles. The van der Waals surface area contributed by atoms with Crippen LogP contribution in [0.4, 0.5) is 0 Å². The highest BCUT2D eigenvalue weighted by molar-refractivity contribution is 5.57. The second-order valence-corrected chi connectivity index (χ2v) is 6.28. The predicted molar refractivity (Wildman–Crippen MR) is 79.3 cm³/mol. The maximum Gasteiger partial charge on any atom is 0.0860 e. The van der Waals surface area contributed by atoms with Crippen LogP contribution in [0.5, 0.6) is 0 Å². The van der Waals surface area contributed by atoms with Gasteiger partial charge in [-0.3, -0.25) is 4.99 Å². The number of hydrogen-bond donors (Lipinski definition) is 0. The Morgan fingerprint density at radius 1 is 1.26 bits per heavy atom. The van der Waals surface area contributed by atoms with Crippen LogP contribution in [0.25, 0.3) is 0 Å². The van der Waals surface area contributed by atoms with Crippen molar-refractivity contribution in [1.29, 1.82) is 0 Å². The number of benzene rings is 1. The fraction of sp³-hybridized carbons (Fsp3) is 0.562. The van der Waals surface area contributed by atoms with E-state index < -0.39 is 0 Å². The molecule has 1 aromatic carbocycles. The van der Waals surface area contributed by atoms with Gasteiger partial charge < -0.3 is 9.64 Å². The van der Waals surface area contributed by atoms with Crippen LogP contribution >= 0.6 is 0 Å². The van der Waals surface area contributed by atoms with Gasteiger partial charge in [-0.2, -0.15) is 0 Å². The quantitative estimate of drug-likeness (QED) is 0.614. The standard InChI is InChI=1S/C16H24N2O/c1-16(2,3)15(11-19-4)17-12-18-9-13-7-5-6-8-14(13)10-18/h5-8,12,15H,9-11H2,1-4H3/t15-/m1/s1. The van der Waals surface area contributed by atoms with Crippen LogP contribution in [-0.2, 0) is 17.8 Å². The molecule has 0 aliphatic carbocycles. The lowest BCUT2D eigenvalue weighted by Gasteiger charge is -2.27. The van der Waals surface area contributed by atoms with E-state index in [9.17, 15) is 0 Å². The van der Waals surface area contributed by atoms with Crippen LogP contribution in [0.2, 0.25) is 0 Å². The normalized spacial score (nSPS) is 16.9. The van der Waals surface area contributed by atoms with Gasteiger partial charge in [0.1, 0.15) is 0 Å². The molecule has 104 valence electrons. The molecule has 0 bridgehead atoms. The van der Waals surface area contributed by atoms with E-state index in [0.717, 1.165) is 13.1 Å². The molecule has 1 aliphatic heterocycles. The Morgan fingerprint density at radius 3 is 2.32 bits per heavy atom. The number of fused-ring (bicyclic) bond motifs is 1. The first-order valence-electron chi connectivity index (χ1n) is 6.84. The highest BCUT2D eigenvalue weighted by Gasteiger charge is 2.24. The van der Waals surface area contributed by atoms with E-state index >= 15 is 0 Å². The second-order valence-electron chi connectivity index (χ2n) is 6.28. The summed E-state index contributed by atoms with van der Waals surface area (Å²) in [6.45, 7) is 9.19. The third-order valence-electron chi connectivity index (χ3n) is 3.60. The SMILES string of the molecule is COC[C@@H](N=CN1Cc2ccccc2C1)C(C)(C)C. The van der Waals surface area contributed by atoms with Crippen LogP contribution in [0.1, 0.15) is 31.9 Å². The molecule has 0 radical (unpaired) electrons. The summed E-state index contributed by atoms with van der Waals surface area (Å²) < 4.78 is 5.28. The summed E-state index contributed by atoms with van der Waals surface area (Å²) in [7, 11) is 1.74. The fourth-order valence-corrected chi connectivity index (χ4v) is 2.29. The molecule has 1 aromatic rings. The van der Waals surface area contributed by atoms with Crippen molar-refractivity contribution in [2.45, 2.75) is 39.9 Å².